The molecule has 0 aliphatic heterocycles. The number of carbonyl (C=O) groups excluding carboxylic acids is 1. The van der Waals surface area contributed by atoms with Crippen molar-refractivity contribution >= 4 is 18.7 Å². The molecule has 0 aromatic carbocycles. The summed E-state index contributed by atoms with van der Waals surface area (Å²) in [6.45, 7) is 5.52. The van der Waals surface area contributed by atoms with E-state index in [1.807, 2.05) is 0 Å². The summed E-state index contributed by atoms with van der Waals surface area (Å²) >= 11 is 4.07. The zero-order chi connectivity index (χ0) is 12.2. The maximum absolute atomic E-state index is 11.3. The van der Waals surface area contributed by atoms with Crippen LogP contribution in [0.15, 0.2) is 0 Å². The number of hydrogen-bond acceptors (Lipinski definition) is 3. The third-order valence-corrected chi connectivity index (χ3v) is 2.76. The van der Waals surface area contributed by atoms with Crippen LogP contribution >= 0.6 is 12.6 Å². The van der Waals surface area contributed by atoms with Gasteiger partial charge >= 0.3 is 6.09 Å². The third-order valence-electron chi connectivity index (χ3n) is 2.45. The highest BCUT2D eigenvalue weighted by atomic mass is 32.1. The first kappa shape index (κ1) is 15.6. The predicted molar refractivity (Wildman–Crippen MR) is 71.1 cm³/mol. The Hall–Kier alpha value is -0.380. The number of carbonyl (C=O) groups is 1. The van der Waals surface area contributed by atoms with Gasteiger partial charge in [0.1, 0.15) is 0 Å². The van der Waals surface area contributed by atoms with Crippen LogP contribution in [0, 0.1) is 5.92 Å². The summed E-state index contributed by atoms with van der Waals surface area (Å²) in [6.07, 6.45) is 5.16. The van der Waals surface area contributed by atoms with Crippen LogP contribution in [0.2, 0.25) is 0 Å². The number of hydrogen-bond donors (Lipinski definition) is 2. The molecule has 96 valence electrons. The molecule has 4 heteroatoms. The van der Waals surface area contributed by atoms with Crippen molar-refractivity contribution < 1.29 is 9.53 Å². The van der Waals surface area contributed by atoms with Gasteiger partial charge in [-0.3, -0.25) is 0 Å². The van der Waals surface area contributed by atoms with Crippen LogP contribution in [0.3, 0.4) is 0 Å². The molecule has 0 aromatic rings. The van der Waals surface area contributed by atoms with Crippen molar-refractivity contribution in [2.45, 2.75) is 46.0 Å². The highest BCUT2D eigenvalue weighted by Gasteiger charge is 2.09. The molecule has 0 spiro atoms. The van der Waals surface area contributed by atoms with Gasteiger partial charge in [-0.05, 0) is 30.9 Å². The smallest absolute Gasteiger partial charge is 0.407 e. The van der Waals surface area contributed by atoms with E-state index in [1.165, 1.54) is 0 Å². The van der Waals surface area contributed by atoms with Gasteiger partial charge in [-0.25, -0.2) is 4.79 Å². The number of ether oxygens (including phenoxy) is 1. The lowest BCUT2D eigenvalue weighted by Gasteiger charge is -2.15. The molecule has 1 amide bonds. The molecule has 1 N–H and O–H groups in total. The Labute approximate surface area is 105 Å². The lowest BCUT2D eigenvalue weighted by molar-refractivity contribution is 0.121. The lowest BCUT2D eigenvalue weighted by Crippen LogP contribution is -2.27. The Bertz CT molecular complexity index is 170. The molecule has 16 heavy (non-hydrogen) atoms. The van der Waals surface area contributed by atoms with Crippen molar-refractivity contribution in [3.63, 3.8) is 0 Å². The first-order valence-corrected chi connectivity index (χ1v) is 6.89. The standard InChI is InChI=1S/C12H25NO2S/c1-3-6-11(7-4-2)10-15-12(14)13-8-5-9-16/h11,16H,3-10H2,1-2H3,(H,13,14). The first-order chi connectivity index (χ1) is 7.74. The van der Waals surface area contributed by atoms with E-state index in [2.05, 4.69) is 31.8 Å². The minimum absolute atomic E-state index is 0.293. The maximum atomic E-state index is 11.3. The van der Waals surface area contributed by atoms with Crippen LogP contribution in [0.25, 0.3) is 0 Å². The van der Waals surface area contributed by atoms with Crippen LogP contribution < -0.4 is 5.32 Å². The predicted octanol–water partition coefficient (Wildman–Crippen LogP) is 3.25. The molecule has 0 radical (unpaired) electrons. The Kier molecular flexibility index (Phi) is 10.9. The summed E-state index contributed by atoms with van der Waals surface area (Å²) in [4.78, 5) is 11.3. The van der Waals surface area contributed by atoms with E-state index in [-0.39, 0.29) is 6.09 Å². The van der Waals surface area contributed by atoms with Gasteiger partial charge in [0.2, 0.25) is 0 Å². The fourth-order valence-corrected chi connectivity index (χ4v) is 1.80. The quantitative estimate of drug-likeness (QED) is 0.485. The van der Waals surface area contributed by atoms with Crippen molar-refractivity contribution in [3.05, 3.63) is 0 Å². The van der Waals surface area contributed by atoms with Crippen LogP contribution in [0.5, 0.6) is 0 Å². The molecule has 0 saturated heterocycles. The molecular weight excluding hydrogens is 222 g/mol. The fourth-order valence-electron chi connectivity index (χ4n) is 1.64. The molecule has 0 aromatic heterocycles. The molecule has 0 rings (SSSR count). The highest BCUT2D eigenvalue weighted by Crippen LogP contribution is 2.13. The minimum atomic E-state index is -0.293. The second-order valence-corrected chi connectivity index (χ2v) is 4.49. The molecule has 0 unspecified atom stereocenters. The number of alkyl carbamates (subject to hydrolysis) is 1. The Morgan fingerprint density at radius 3 is 2.44 bits per heavy atom. The van der Waals surface area contributed by atoms with Gasteiger partial charge in [0.05, 0.1) is 6.61 Å². The number of thiol groups is 1. The monoisotopic (exact) mass is 247 g/mol. The van der Waals surface area contributed by atoms with Crippen molar-refractivity contribution in [2.75, 3.05) is 18.9 Å². The SMILES string of the molecule is CCCC(CCC)COC(=O)NCCCS. The van der Waals surface area contributed by atoms with E-state index in [4.69, 9.17) is 4.74 Å². The van der Waals surface area contributed by atoms with Crippen LogP contribution in [-0.2, 0) is 4.74 Å². The van der Waals surface area contributed by atoms with E-state index >= 15 is 0 Å². The molecule has 0 aliphatic rings. The van der Waals surface area contributed by atoms with Crippen LogP contribution in [0.4, 0.5) is 4.79 Å². The van der Waals surface area contributed by atoms with Crippen molar-refractivity contribution in [1.82, 2.24) is 5.32 Å². The van der Waals surface area contributed by atoms with Gasteiger partial charge in [0.25, 0.3) is 0 Å². The number of rotatable bonds is 9. The maximum Gasteiger partial charge on any atom is 0.407 e. The minimum Gasteiger partial charge on any atom is -0.449 e. The van der Waals surface area contributed by atoms with Gasteiger partial charge < -0.3 is 10.1 Å². The summed E-state index contributed by atoms with van der Waals surface area (Å²) in [7, 11) is 0. The van der Waals surface area contributed by atoms with E-state index in [0.717, 1.165) is 37.9 Å². The molecule has 3 nitrogen and oxygen atoms in total. The Morgan fingerprint density at radius 2 is 1.94 bits per heavy atom. The molecule has 0 heterocycles. The number of nitrogens with one attached hydrogen (secondary N) is 1. The molecule has 0 aliphatic carbocycles. The summed E-state index contributed by atoms with van der Waals surface area (Å²) in [5, 5.41) is 2.71. The second-order valence-electron chi connectivity index (χ2n) is 4.05. The Morgan fingerprint density at radius 1 is 1.31 bits per heavy atom. The number of amides is 1. The summed E-state index contributed by atoms with van der Waals surface area (Å²) in [6, 6.07) is 0. The second kappa shape index (κ2) is 11.1. The van der Waals surface area contributed by atoms with E-state index in [0.29, 0.717) is 19.1 Å². The van der Waals surface area contributed by atoms with E-state index in [9.17, 15) is 4.79 Å². The lowest BCUT2D eigenvalue weighted by atomic mass is 10.00. The summed E-state index contributed by atoms with van der Waals surface area (Å²) < 4.78 is 5.18. The molecule has 0 fully saturated rings. The largest absolute Gasteiger partial charge is 0.449 e. The van der Waals surface area contributed by atoms with Crippen molar-refractivity contribution in [2.24, 2.45) is 5.92 Å². The third kappa shape index (κ3) is 8.89. The van der Waals surface area contributed by atoms with Gasteiger partial charge in [-0.1, -0.05) is 26.7 Å². The average Bonchev–Trinajstić information content (AvgIpc) is 2.27. The fraction of sp³-hybridized carbons (Fsp3) is 0.917. The van der Waals surface area contributed by atoms with Crippen LogP contribution in [-0.4, -0.2) is 25.0 Å². The van der Waals surface area contributed by atoms with Crippen molar-refractivity contribution in [3.8, 4) is 0 Å². The van der Waals surface area contributed by atoms with Crippen molar-refractivity contribution in [1.29, 1.82) is 0 Å². The van der Waals surface area contributed by atoms with Gasteiger partial charge in [-0.15, -0.1) is 0 Å². The Balaban J connectivity index is 3.60. The topological polar surface area (TPSA) is 38.3 Å². The molecule has 0 saturated carbocycles. The molecule has 0 bridgehead atoms. The van der Waals surface area contributed by atoms with Gasteiger partial charge in [0.15, 0.2) is 0 Å². The zero-order valence-corrected chi connectivity index (χ0v) is 11.4. The first-order valence-electron chi connectivity index (χ1n) is 6.26. The van der Waals surface area contributed by atoms with Gasteiger partial charge in [-0.2, -0.15) is 12.6 Å². The average molecular weight is 247 g/mol. The van der Waals surface area contributed by atoms with E-state index < -0.39 is 0 Å². The zero-order valence-electron chi connectivity index (χ0n) is 10.5. The van der Waals surface area contributed by atoms with Gasteiger partial charge in [0, 0.05) is 6.54 Å². The molecular formula is C12H25NO2S. The summed E-state index contributed by atoms with van der Waals surface area (Å²) in [5.41, 5.74) is 0. The summed E-state index contributed by atoms with van der Waals surface area (Å²) in [5.74, 6) is 1.31. The van der Waals surface area contributed by atoms with Crippen LogP contribution in [0.1, 0.15) is 46.0 Å². The highest BCUT2D eigenvalue weighted by molar-refractivity contribution is 7.80. The normalized spacial score (nSPS) is 10.5. The van der Waals surface area contributed by atoms with E-state index in [1.54, 1.807) is 0 Å². The molecule has 0 atom stereocenters.